The van der Waals surface area contributed by atoms with Crippen molar-refractivity contribution in [3.8, 4) is 0 Å². The summed E-state index contributed by atoms with van der Waals surface area (Å²) >= 11 is 0. The van der Waals surface area contributed by atoms with Gasteiger partial charge < -0.3 is 0 Å². The summed E-state index contributed by atoms with van der Waals surface area (Å²) in [5.41, 5.74) is 0.106. The van der Waals surface area contributed by atoms with Gasteiger partial charge in [-0.3, -0.25) is 4.99 Å². The second-order valence-corrected chi connectivity index (χ2v) is 4.11. The summed E-state index contributed by atoms with van der Waals surface area (Å²) in [4.78, 5) is 4.37. The van der Waals surface area contributed by atoms with Crippen LogP contribution in [0.5, 0.6) is 0 Å². The van der Waals surface area contributed by atoms with Gasteiger partial charge in [0.15, 0.2) is 0 Å². The molecule has 0 fully saturated rings. The van der Waals surface area contributed by atoms with E-state index in [4.69, 9.17) is 0 Å². The molecule has 0 N–H and O–H groups in total. The molecule has 0 atom stereocenters. The Labute approximate surface area is 64.6 Å². The topological polar surface area (TPSA) is 12.4 Å². The summed E-state index contributed by atoms with van der Waals surface area (Å²) < 4.78 is 0. The fourth-order valence-electron chi connectivity index (χ4n) is 0.537. The van der Waals surface area contributed by atoms with Gasteiger partial charge in [-0.1, -0.05) is 13.8 Å². The van der Waals surface area contributed by atoms with Gasteiger partial charge in [-0.25, -0.2) is 0 Å². The molecule has 1 heteroatoms. The Morgan fingerprint density at radius 3 is 2.10 bits per heavy atom. The Kier molecular flexibility index (Phi) is 3.62. The first kappa shape index (κ1) is 9.67. The summed E-state index contributed by atoms with van der Waals surface area (Å²) in [6, 6.07) is 0. The van der Waals surface area contributed by atoms with E-state index in [1.165, 1.54) is 0 Å². The van der Waals surface area contributed by atoms with E-state index in [1.54, 1.807) is 0 Å². The van der Waals surface area contributed by atoms with Gasteiger partial charge in [0.1, 0.15) is 0 Å². The highest BCUT2D eigenvalue weighted by molar-refractivity contribution is 5.57. The molecular weight excluding hydrogens is 122 g/mol. The lowest BCUT2D eigenvalue weighted by molar-refractivity contribution is 0.580. The van der Waals surface area contributed by atoms with Crippen molar-refractivity contribution in [2.75, 3.05) is 0 Å². The van der Waals surface area contributed by atoms with Crippen LogP contribution in [0.25, 0.3) is 0 Å². The van der Waals surface area contributed by atoms with E-state index in [9.17, 15) is 0 Å². The molecular formula is C9H19N. The number of rotatable bonds is 2. The Morgan fingerprint density at radius 2 is 1.80 bits per heavy atom. The Morgan fingerprint density at radius 1 is 1.30 bits per heavy atom. The largest absolute Gasteiger partial charge is 0.292 e. The van der Waals surface area contributed by atoms with Gasteiger partial charge in [-0.05, 0) is 39.3 Å². The Balaban J connectivity index is 3.57. The number of hydrogen-bond donors (Lipinski definition) is 0. The average molecular weight is 141 g/mol. The van der Waals surface area contributed by atoms with Gasteiger partial charge in [-0.15, -0.1) is 0 Å². The van der Waals surface area contributed by atoms with Crippen LogP contribution >= 0.6 is 0 Å². The van der Waals surface area contributed by atoms with Crippen LogP contribution in [-0.2, 0) is 0 Å². The zero-order valence-corrected chi connectivity index (χ0v) is 7.81. The van der Waals surface area contributed by atoms with Crippen LogP contribution in [-0.4, -0.2) is 11.8 Å². The van der Waals surface area contributed by atoms with Crippen molar-refractivity contribution >= 4 is 6.21 Å². The first-order valence-electron chi connectivity index (χ1n) is 3.95. The minimum atomic E-state index is 0.106. The van der Waals surface area contributed by atoms with E-state index in [1.807, 2.05) is 6.21 Å². The molecule has 0 heterocycles. The van der Waals surface area contributed by atoms with Crippen LogP contribution in [0.4, 0.5) is 0 Å². The summed E-state index contributed by atoms with van der Waals surface area (Å²) in [7, 11) is 0. The van der Waals surface area contributed by atoms with E-state index in [2.05, 4.69) is 39.6 Å². The normalized spacial score (nSPS) is 13.4. The molecule has 0 aromatic carbocycles. The summed E-state index contributed by atoms with van der Waals surface area (Å²) in [6.07, 6.45) is 3.13. The third-order valence-corrected chi connectivity index (χ3v) is 1.06. The quantitative estimate of drug-likeness (QED) is 0.524. The smallest absolute Gasteiger partial charge is 0.0520 e. The second-order valence-electron chi connectivity index (χ2n) is 4.11. The molecule has 0 saturated carbocycles. The molecule has 0 aliphatic rings. The second kappa shape index (κ2) is 3.75. The minimum absolute atomic E-state index is 0.106. The van der Waals surface area contributed by atoms with E-state index < -0.39 is 0 Å². The van der Waals surface area contributed by atoms with Crippen LogP contribution in [0.3, 0.4) is 0 Å². The lowest BCUT2D eigenvalue weighted by Crippen LogP contribution is -2.09. The minimum Gasteiger partial charge on any atom is -0.292 e. The molecule has 0 rings (SSSR count). The zero-order valence-electron chi connectivity index (χ0n) is 7.81. The summed E-state index contributed by atoms with van der Waals surface area (Å²) in [5, 5.41) is 0. The van der Waals surface area contributed by atoms with Gasteiger partial charge in [0, 0.05) is 0 Å². The first-order chi connectivity index (χ1) is 4.42. The predicted octanol–water partition coefficient (Wildman–Crippen LogP) is 2.90. The third kappa shape index (κ3) is 7.67. The summed E-state index contributed by atoms with van der Waals surface area (Å²) in [5.74, 6) is 0.728. The lowest BCUT2D eigenvalue weighted by atomic mass is 10.1. The van der Waals surface area contributed by atoms with Crippen molar-refractivity contribution in [1.29, 1.82) is 0 Å². The predicted molar refractivity (Wildman–Crippen MR) is 47.7 cm³/mol. The number of hydrogen-bond acceptors (Lipinski definition) is 1. The third-order valence-electron chi connectivity index (χ3n) is 1.06. The Hall–Kier alpha value is -0.330. The standard InChI is InChI=1S/C9H19N/c1-8(2)6-7-10-9(3,4)5/h7-8H,6H2,1-5H3. The van der Waals surface area contributed by atoms with Crippen LogP contribution in [0.1, 0.15) is 41.0 Å². The van der Waals surface area contributed by atoms with Crippen molar-refractivity contribution < 1.29 is 0 Å². The van der Waals surface area contributed by atoms with Gasteiger partial charge in [0.2, 0.25) is 0 Å². The van der Waals surface area contributed by atoms with E-state index in [-0.39, 0.29) is 5.54 Å². The fourth-order valence-corrected chi connectivity index (χ4v) is 0.537. The maximum absolute atomic E-state index is 4.37. The molecule has 0 bridgehead atoms. The number of nitrogens with zero attached hydrogens (tertiary/aromatic N) is 1. The van der Waals surface area contributed by atoms with Crippen molar-refractivity contribution in [2.45, 2.75) is 46.6 Å². The van der Waals surface area contributed by atoms with E-state index in [0.717, 1.165) is 12.3 Å². The van der Waals surface area contributed by atoms with Gasteiger partial charge in [0.25, 0.3) is 0 Å². The van der Waals surface area contributed by atoms with Crippen LogP contribution < -0.4 is 0 Å². The molecule has 0 saturated heterocycles. The molecule has 0 aromatic rings. The molecule has 0 aliphatic carbocycles. The molecule has 0 aromatic heterocycles. The molecule has 0 unspecified atom stereocenters. The SMILES string of the molecule is CC(C)CC=NC(C)(C)C. The maximum atomic E-state index is 4.37. The van der Waals surface area contributed by atoms with Crippen molar-refractivity contribution in [3.63, 3.8) is 0 Å². The molecule has 0 aliphatic heterocycles. The Bertz CT molecular complexity index is 106. The lowest BCUT2D eigenvalue weighted by Gasteiger charge is -2.10. The van der Waals surface area contributed by atoms with Crippen molar-refractivity contribution in [3.05, 3.63) is 0 Å². The molecule has 0 radical (unpaired) electrons. The monoisotopic (exact) mass is 141 g/mol. The highest BCUT2D eigenvalue weighted by atomic mass is 14.8. The molecule has 1 nitrogen and oxygen atoms in total. The highest BCUT2D eigenvalue weighted by Crippen LogP contribution is 2.06. The van der Waals surface area contributed by atoms with E-state index >= 15 is 0 Å². The molecule has 0 amide bonds. The van der Waals surface area contributed by atoms with Crippen molar-refractivity contribution in [1.82, 2.24) is 0 Å². The highest BCUT2D eigenvalue weighted by Gasteiger charge is 2.03. The van der Waals surface area contributed by atoms with Crippen molar-refractivity contribution in [2.24, 2.45) is 10.9 Å². The molecule has 10 heavy (non-hydrogen) atoms. The van der Waals surface area contributed by atoms with Gasteiger partial charge in [0.05, 0.1) is 5.54 Å². The van der Waals surface area contributed by atoms with Crippen LogP contribution in [0, 0.1) is 5.92 Å². The zero-order chi connectivity index (χ0) is 8.20. The first-order valence-corrected chi connectivity index (χ1v) is 3.95. The van der Waals surface area contributed by atoms with Crippen LogP contribution in [0.15, 0.2) is 4.99 Å². The fraction of sp³-hybridized carbons (Fsp3) is 0.889. The number of aliphatic imine (C=N–C) groups is 1. The molecule has 0 spiro atoms. The molecule has 60 valence electrons. The summed E-state index contributed by atoms with van der Waals surface area (Å²) in [6.45, 7) is 10.8. The van der Waals surface area contributed by atoms with E-state index in [0.29, 0.717) is 0 Å². The average Bonchev–Trinajstić information content (AvgIpc) is 1.59. The van der Waals surface area contributed by atoms with Crippen LogP contribution in [0.2, 0.25) is 0 Å². The van der Waals surface area contributed by atoms with Gasteiger partial charge >= 0.3 is 0 Å². The maximum Gasteiger partial charge on any atom is 0.0520 e. The van der Waals surface area contributed by atoms with Gasteiger partial charge in [-0.2, -0.15) is 0 Å².